The van der Waals surface area contributed by atoms with Gasteiger partial charge in [-0.2, -0.15) is 0 Å². The third-order valence-electron chi connectivity index (χ3n) is 9.55. The highest BCUT2D eigenvalue weighted by Crippen LogP contribution is 2.71. The summed E-state index contributed by atoms with van der Waals surface area (Å²) in [5.74, 6) is 4.14. The van der Waals surface area contributed by atoms with Crippen molar-refractivity contribution in [3.8, 4) is 0 Å². The van der Waals surface area contributed by atoms with Crippen molar-refractivity contribution in [2.24, 2.45) is 40.4 Å². The van der Waals surface area contributed by atoms with E-state index < -0.39 is 0 Å². The van der Waals surface area contributed by atoms with Gasteiger partial charge in [0.1, 0.15) is 5.78 Å². The first-order valence-electron chi connectivity index (χ1n) is 10.9. The SMILES string of the molecule is CC(=O)[C@@]12CCC=C[C@@H]1C[C@H]1[C@@H]3CCC4=CC(=O)CC[C@@H]4[C@H]3CC[C@@]12C. The molecule has 0 saturated heterocycles. The number of hydrogen-bond donors (Lipinski definition) is 0. The topological polar surface area (TPSA) is 34.1 Å². The van der Waals surface area contributed by atoms with E-state index in [1.54, 1.807) is 0 Å². The summed E-state index contributed by atoms with van der Waals surface area (Å²) in [6.45, 7) is 4.35. The van der Waals surface area contributed by atoms with Gasteiger partial charge in [-0.15, -0.1) is 0 Å². The van der Waals surface area contributed by atoms with Crippen LogP contribution in [-0.4, -0.2) is 11.6 Å². The zero-order chi connectivity index (χ0) is 18.1. The van der Waals surface area contributed by atoms with Crippen molar-refractivity contribution >= 4 is 11.6 Å². The molecule has 0 radical (unpaired) electrons. The Labute approximate surface area is 157 Å². The van der Waals surface area contributed by atoms with Crippen molar-refractivity contribution in [3.05, 3.63) is 23.8 Å². The van der Waals surface area contributed by atoms with Gasteiger partial charge in [-0.1, -0.05) is 24.6 Å². The van der Waals surface area contributed by atoms with E-state index in [0.717, 1.165) is 43.9 Å². The molecular formula is C24H32O2. The number of fused-ring (bicyclic) bond motifs is 7. The van der Waals surface area contributed by atoms with Crippen molar-refractivity contribution in [2.75, 3.05) is 0 Å². The molecule has 3 saturated carbocycles. The number of allylic oxidation sites excluding steroid dienone is 3. The fourth-order valence-corrected chi connectivity index (χ4v) is 8.51. The van der Waals surface area contributed by atoms with Crippen LogP contribution in [0.4, 0.5) is 0 Å². The zero-order valence-corrected chi connectivity index (χ0v) is 16.3. The number of carbonyl (C=O) groups is 2. The Bertz CT molecular complexity index is 716. The average molecular weight is 353 g/mol. The Hall–Kier alpha value is -1.18. The fourth-order valence-electron chi connectivity index (χ4n) is 8.51. The molecule has 2 nitrogen and oxygen atoms in total. The van der Waals surface area contributed by atoms with Crippen molar-refractivity contribution in [3.63, 3.8) is 0 Å². The molecule has 0 amide bonds. The molecule has 0 aromatic rings. The van der Waals surface area contributed by atoms with Crippen LogP contribution in [0.15, 0.2) is 23.8 Å². The molecule has 7 atom stereocenters. The number of ketones is 2. The van der Waals surface area contributed by atoms with Gasteiger partial charge in [0.25, 0.3) is 0 Å². The van der Waals surface area contributed by atoms with Crippen LogP contribution in [-0.2, 0) is 9.59 Å². The van der Waals surface area contributed by atoms with Crippen molar-refractivity contribution in [1.82, 2.24) is 0 Å². The summed E-state index contributed by atoms with van der Waals surface area (Å²) in [6.07, 6.45) is 16.8. The van der Waals surface area contributed by atoms with E-state index in [2.05, 4.69) is 19.1 Å². The van der Waals surface area contributed by atoms with E-state index >= 15 is 0 Å². The molecule has 0 bridgehead atoms. The van der Waals surface area contributed by atoms with Gasteiger partial charge in [-0.3, -0.25) is 9.59 Å². The molecule has 0 aromatic heterocycles. The minimum Gasteiger partial charge on any atom is -0.299 e. The lowest BCUT2D eigenvalue weighted by Gasteiger charge is -2.57. The molecule has 0 heterocycles. The summed E-state index contributed by atoms with van der Waals surface area (Å²) >= 11 is 0. The Morgan fingerprint density at radius 1 is 1.12 bits per heavy atom. The molecule has 0 aliphatic heterocycles. The minimum absolute atomic E-state index is 0.101. The van der Waals surface area contributed by atoms with Gasteiger partial charge < -0.3 is 0 Å². The molecular weight excluding hydrogens is 320 g/mol. The molecule has 5 aliphatic rings. The Morgan fingerprint density at radius 2 is 1.96 bits per heavy atom. The second-order valence-corrected chi connectivity index (χ2v) is 10.1. The Kier molecular flexibility index (Phi) is 3.69. The van der Waals surface area contributed by atoms with Crippen LogP contribution in [0.2, 0.25) is 0 Å². The van der Waals surface area contributed by atoms with Gasteiger partial charge in [-0.25, -0.2) is 0 Å². The van der Waals surface area contributed by atoms with Gasteiger partial charge >= 0.3 is 0 Å². The molecule has 0 N–H and O–H groups in total. The van der Waals surface area contributed by atoms with Gasteiger partial charge in [0.05, 0.1) is 0 Å². The molecule has 2 heteroatoms. The average Bonchev–Trinajstić information content (AvgIpc) is 2.91. The molecule has 5 aliphatic carbocycles. The van der Waals surface area contributed by atoms with Crippen molar-refractivity contribution in [1.29, 1.82) is 0 Å². The minimum atomic E-state index is -0.101. The molecule has 0 unspecified atom stereocenters. The third-order valence-corrected chi connectivity index (χ3v) is 9.55. The second kappa shape index (κ2) is 5.66. The van der Waals surface area contributed by atoms with Crippen LogP contribution in [0.25, 0.3) is 0 Å². The summed E-state index contributed by atoms with van der Waals surface area (Å²) in [5.41, 5.74) is 1.54. The van der Waals surface area contributed by atoms with Crippen LogP contribution in [0.1, 0.15) is 71.6 Å². The summed E-state index contributed by atoms with van der Waals surface area (Å²) in [5, 5.41) is 0. The summed E-state index contributed by atoms with van der Waals surface area (Å²) in [6, 6.07) is 0. The van der Waals surface area contributed by atoms with Gasteiger partial charge in [-0.05, 0) is 99.4 Å². The van der Waals surface area contributed by atoms with Gasteiger partial charge in [0, 0.05) is 11.8 Å². The zero-order valence-electron chi connectivity index (χ0n) is 16.3. The summed E-state index contributed by atoms with van der Waals surface area (Å²) in [4.78, 5) is 24.9. The molecule has 0 spiro atoms. The van der Waals surface area contributed by atoms with Gasteiger partial charge in [0.2, 0.25) is 0 Å². The number of carbonyl (C=O) groups excluding carboxylic acids is 2. The molecule has 140 valence electrons. The number of rotatable bonds is 1. The van der Waals surface area contributed by atoms with Crippen LogP contribution in [0, 0.1) is 40.4 Å². The first-order valence-corrected chi connectivity index (χ1v) is 10.9. The van der Waals surface area contributed by atoms with E-state index in [0.29, 0.717) is 29.3 Å². The first-order chi connectivity index (χ1) is 12.5. The first kappa shape index (κ1) is 17.0. The van der Waals surface area contributed by atoms with Crippen LogP contribution >= 0.6 is 0 Å². The molecule has 5 rings (SSSR count). The van der Waals surface area contributed by atoms with Crippen LogP contribution < -0.4 is 0 Å². The lowest BCUT2D eigenvalue weighted by Crippen LogP contribution is -2.53. The van der Waals surface area contributed by atoms with Crippen LogP contribution in [0.5, 0.6) is 0 Å². The largest absolute Gasteiger partial charge is 0.299 e. The van der Waals surface area contributed by atoms with Crippen molar-refractivity contribution < 1.29 is 9.59 Å². The maximum atomic E-state index is 13.0. The number of Topliss-reactive ketones (excluding diaryl/α,β-unsaturated/α-hetero) is 1. The van der Waals surface area contributed by atoms with E-state index in [4.69, 9.17) is 0 Å². The maximum absolute atomic E-state index is 13.0. The highest BCUT2D eigenvalue weighted by Gasteiger charge is 2.67. The fraction of sp³-hybridized carbons (Fsp3) is 0.750. The van der Waals surface area contributed by atoms with Crippen LogP contribution in [0.3, 0.4) is 0 Å². The maximum Gasteiger partial charge on any atom is 0.155 e. The monoisotopic (exact) mass is 352 g/mol. The molecule has 3 fully saturated rings. The predicted molar refractivity (Wildman–Crippen MR) is 102 cm³/mol. The summed E-state index contributed by atoms with van der Waals surface area (Å²) in [7, 11) is 0. The summed E-state index contributed by atoms with van der Waals surface area (Å²) < 4.78 is 0. The smallest absolute Gasteiger partial charge is 0.155 e. The van der Waals surface area contributed by atoms with E-state index in [-0.39, 0.29) is 10.8 Å². The lowest BCUT2D eigenvalue weighted by molar-refractivity contribution is -0.143. The second-order valence-electron chi connectivity index (χ2n) is 10.1. The Morgan fingerprint density at radius 3 is 2.77 bits per heavy atom. The van der Waals surface area contributed by atoms with Gasteiger partial charge in [0.15, 0.2) is 5.78 Å². The lowest BCUT2D eigenvalue weighted by atomic mass is 9.46. The normalized spacial score (nSPS) is 49.5. The molecule has 0 aromatic carbocycles. The predicted octanol–water partition coefficient (Wildman–Crippen LogP) is 5.28. The van der Waals surface area contributed by atoms with E-state index in [1.807, 2.05) is 13.0 Å². The standard InChI is InChI=1S/C24H32O2/c1-15(25)24-11-4-3-5-17(24)14-22-21-8-6-16-13-18(26)7-9-19(16)20(21)10-12-23(22,24)2/h3,5,13,17,19-22H,4,6-12,14H2,1-2H3/t17-,19+,20-,21-,22+,23+,24+/m1/s1. The quantitative estimate of drug-likeness (QED) is 0.602. The highest BCUT2D eigenvalue weighted by molar-refractivity contribution is 5.91. The number of hydrogen-bond acceptors (Lipinski definition) is 2. The van der Waals surface area contributed by atoms with Crippen molar-refractivity contribution in [2.45, 2.75) is 71.6 Å². The highest BCUT2D eigenvalue weighted by atomic mass is 16.1. The van der Waals surface area contributed by atoms with E-state index in [1.165, 1.54) is 31.3 Å². The van der Waals surface area contributed by atoms with E-state index in [9.17, 15) is 9.59 Å². The molecule has 26 heavy (non-hydrogen) atoms. The third kappa shape index (κ3) is 1.99. The Balaban J connectivity index is 1.52.